The lowest BCUT2D eigenvalue weighted by Crippen LogP contribution is -2.17. The molecule has 0 fully saturated rings. The van der Waals surface area contributed by atoms with Crippen LogP contribution >= 0.6 is 22.9 Å². The van der Waals surface area contributed by atoms with E-state index in [1.807, 2.05) is 13.0 Å². The molecule has 0 bridgehead atoms. The van der Waals surface area contributed by atoms with E-state index in [0.29, 0.717) is 0 Å². The molecule has 0 saturated carbocycles. The van der Waals surface area contributed by atoms with Gasteiger partial charge in [-0.05, 0) is 48.6 Å². The fourth-order valence-corrected chi connectivity index (χ4v) is 3.56. The number of hydrogen-bond donors (Lipinski definition) is 1. The predicted octanol–water partition coefficient (Wildman–Crippen LogP) is 4.29. The minimum Gasteiger partial charge on any atom is -0.342 e. The number of aromatic nitrogens is 1. The lowest BCUT2D eigenvalue weighted by molar-refractivity contribution is 0.738. The zero-order valence-electron chi connectivity index (χ0n) is 11.3. The third-order valence-corrected chi connectivity index (χ3v) is 4.57. The molecule has 0 aliphatic heterocycles. The predicted molar refractivity (Wildman–Crippen MR) is 87.7 cm³/mol. The second-order valence-electron chi connectivity index (χ2n) is 5.22. The Hall–Kier alpha value is -1.29. The summed E-state index contributed by atoms with van der Waals surface area (Å²) in [6, 6.07) is 13.0. The molecule has 4 heteroatoms. The number of benzene rings is 1. The number of hydrogen-bond acceptors (Lipinski definition) is 2. The van der Waals surface area contributed by atoms with E-state index < -0.39 is 0 Å². The summed E-state index contributed by atoms with van der Waals surface area (Å²) < 4.78 is 3.11. The second kappa shape index (κ2) is 5.60. The van der Waals surface area contributed by atoms with Crippen molar-refractivity contribution in [2.75, 3.05) is 0 Å². The molecular weight excluding hydrogens is 288 g/mol. The minimum atomic E-state index is 0.187. The Balaban J connectivity index is 1.94. The van der Waals surface area contributed by atoms with E-state index in [4.69, 9.17) is 17.3 Å². The quantitative estimate of drug-likeness (QED) is 0.765. The molecule has 0 amide bonds. The van der Waals surface area contributed by atoms with Crippen molar-refractivity contribution in [3.63, 3.8) is 0 Å². The summed E-state index contributed by atoms with van der Waals surface area (Å²) in [4.78, 5) is 1.27. The Morgan fingerprint density at radius 1 is 1.25 bits per heavy atom. The molecule has 0 radical (unpaired) electrons. The van der Waals surface area contributed by atoms with E-state index in [1.165, 1.54) is 21.3 Å². The molecule has 2 heterocycles. The van der Waals surface area contributed by atoms with Crippen LogP contribution in [0.2, 0.25) is 4.34 Å². The van der Waals surface area contributed by atoms with Crippen molar-refractivity contribution in [2.24, 2.45) is 5.73 Å². The van der Waals surface area contributed by atoms with Crippen LogP contribution in [0, 0.1) is 0 Å². The van der Waals surface area contributed by atoms with E-state index in [1.54, 1.807) is 11.3 Å². The lowest BCUT2D eigenvalue weighted by Gasteiger charge is -2.08. The number of rotatable bonds is 4. The van der Waals surface area contributed by atoms with Crippen LogP contribution in [-0.4, -0.2) is 10.6 Å². The number of halogens is 1. The average Bonchev–Trinajstić information content (AvgIpc) is 2.97. The molecule has 20 heavy (non-hydrogen) atoms. The lowest BCUT2D eigenvalue weighted by atomic mass is 10.1. The third-order valence-electron chi connectivity index (χ3n) is 3.35. The van der Waals surface area contributed by atoms with Gasteiger partial charge in [-0.25, -0.2) is 0 Å². The van der Waals surface area contributed by atoms with Gasteiger partial charge in [0.05, 0.1) is 10.9 Å². The molecule has 2 N–H and O–H groups in total. The molecule has 0 aliphatic carbocycles. The maximum Gasteiger partial charge on any atom is 0.0931 e. The average molecular weight is 305 g/mol. The summed E-state index contributed by atoms with van der Waals surface area (Å²) in [7, 11) is 0. The number of thiophene rings is 1. The van der Waals surface area contributed by atoms with Gasteiger partial charge in [-0.2, -0.15) is 0 Å². The van der Waals surface area contributed by atoms with Crippen LogP contribution in [0.5, 0.6) is 0 Å². The molecule has 0 spiro atoms. The maximum atomic E-state index is 6.00. The van der Waals surface area contributed by atoms with Crippen molar-refractivity contribution >= 4 is 33.8 Å². The van der Waals surface area contributed by atoms with E-state index in [-0.39, 0.29) is 6.04 Å². The molecule has 104 valence electrons. The highest BCUT2D eigenvalue weighted by molar-refractivity contribution is 7.16. The standard InChI is InChI=1S/C16H17ClN2S/c1-11(18)8-12-2-3-13-6-7-19(15(13)9-12)10-14-4-5-16(17)20-14/h2-7,9,11H,8,10,18H2,1H3. The van der Waals surface area contributed by atoms with Crippen LogP contribution in [-0.2, 0) is 13.0 Å². The smallest absolute Gasteiger partial charge is 0.0931 e. The van der Waals surface area contributed by atoms with Gasteiger partial charge >= 0.3 is 0 Å². The monoisotopic (exact) mass is 304 g/mol. The van der Waals surface area contributed by atoms with Gasteiger partial charge in [0.1, 0.15) is 0 Å². The molecule has 2 aromatic heterocycles. The second-order valence-corrected chi connectivity index (χ2v) is 7.02. The largest absolute Gasteiger partial charge is 0.342 e. The highest BCUT2D eigenvalue weighted by atomic mass is 35.5. The maximum absolute atomic E-state index is 6.00. The normalized spacial score (nSPS) is 12.9. The van der Waals surface area contributed by atoms with Crippen LogP contribution < -0.4 is 5.73 Å². The molecule has 3 rings (SSSR count). The summed E-state index contributed by atoms with van der Waals surface area (Å²) in [6.07, 6.45) is 3.04. The number of nitrogens with zero attached hydrogens (tertiary/aromatic N) is 1. The molecular formula is C16H17ClN2S. The molecule has 0 saturated heterocycles. The van der Waals surface area contributed by atoms with Crippen molar-refractivity contribution in [3.05, 3.63) is 57.4 Å². The van der Waals surface area contributed by atoms with Crippen LogP contribution in [0.1, 0.15) is 17.4 Å². The zero-order valence-corrected chi connectivity index (χ0v) is 12.9. The first-order valence-electron chi connectivity index (χ1n) is 6.69. The van der Waals surface area contributed by atoms with Gasteiger partial charge < -0.3 is 10.3 Å². The van der Waals surface area contributed by atoms with Gasteiger partial charge in [0.15, 0.2) is 0 Å². The van der Waals surface area contributed by atoms with E-state index in [2.05, 4.69) is 41.1 Å². The first-order valence-corrected chi connectivity index (χ1v) is 7.89. The van der Waals surface area contributed by atoms with Crippen molar-refractivity contribution in [2.45, 2.75) is 25.9 Å². The van der Waals surface area contributed by atoms with E-state index in [0.717, 1.165) is 17.3 Å². The van der Waals surface area contributed by atoms with Crippen LogP contribution in [0.4, 0.5) is 0 Å². The number of fused-ring (bicyclic) bond motifs is 1. The Morgan fingerprint density at radius 3 is 2.80 bits per heavy atom. The fourth-order valence-electron chi connectivity index (χ4n) is 2.47. The molecule has 1 atom stereocenters. The van der Waals surface area contributed by atoms with Crippen LogP contribution in [0.3, 0.4) is 0 Å². The van der Waals surface area contributed by atoms with Gasteiger partial charge in [0, 0.05) is 22.6 Å². The Morgan fingerprint density at radius 2 is 2.10 bits per heavy atom. The Kier molecular flexibility index (Phi) is 3.83. The molecule has 0 aliphatic rings. The minimum absolute atomic E-state index is 0.187. The first kappa shape index (κ1) is 13.7. The zero-order chi connectivity index (χ0) is 14.1. The number of nitrogens with two attached hydrogens (primary N) is 1. The summed E-state index contributed by atoms with van der Waals surface area (Å²) >= 11 is 7.63. The van der Waals surface area contributed by atoms with Crippen molar-refractivity contribution in [1.29, 1.82) is 0 Å². The summed E-state index contributed by atoms with van der Waals surface area (Å²) in [5.74, 6) is 0. The Labute approximate surface area is 127 Å². The first-order chi connectivity index (χ1) is 9.61. The van der Waals surface area contributed by atoms with Crippen molar-refractivity contribution in [1.82, 2.24) is 4.57 Å². The van der Waals surface area contributed by atoms with Gasteiger partial charge in [0.25, 0.3) is 0 Å². The summed E-state index contributed by atoms with van der Waals surface area (Å²) in [5, 5.41) is 1.26. The topological polar surface area (TPSA) is 30.9 Å². The summed E-state index contributed by atoms with van der Waals surface area (Å²) in [5.41, 5.74) is 8.43. The fraction of sp³-hybridized carbons (Fsp3) is 0.250. The Bertz CT molecular complexity index is 727. The van der Waals surface area contributed by atoms with Crippen LogP contribution in [0.15, 0.2) is 42.6 Å². The van der Waals surface area contributed by atoms with Crippen molar-refractivity contribution < 1.29 is 0 Å². The van der Waals surface area contributed by atoms with Gasteiger partial charge in [-0.15, -0.1) is 11.3 Å². The van der Waals surface area contributed by atoms with E-state index in [9.17, 15) is 0 Å². The van der Waals surface area contributed by atoms with Gasteiger partial charge in [-0.3, -0.25) is 0 Å². The summed E-state index contributed by atoms with van der Waals surface area (Å²) in [6.45, 7) is 2.90. The third kappa shape index (κ3) is 2.90. The van der Waals surface area contributed by atoms with Gasteiger partial charge in [0.2, 0.25) is 0 Å². The highest BCUT2D eigenvalue weighted by Crippen LogP contribution is 2.25. The van der Waals surface area contributed by atoms with Crippen molar-refractivity contribution in [3.8, 4) is 0 Å². The molecule has 2 nitrogen and oxygen atoms in total. The van der Waals surface area contributed by atoms with E-state index >= 15 is 0 Å². The van der Waals surface area contributed by atoms with Crippen LogP contribution in [0.25, 0.3) is 10.9 Å². The molecule has 1 aromatic carbocycles. The highest BCUT2D eigenvalue weighted by Gasteiger charge is 2.06. The van der Waals surface area contributed by atoms with Gasteiger partial charge in [-0.1, -0.05) is 23.7 Å². The SMILES string of the molecule is CC(N)Cc1ccc2ccn(Cc3ccc(Cl)s3)c2c1. The molecule has 1 unspecified atom stereocenters. The molecule has 3 aromatic rings.